The van der Waals surface area contributed by atoms with E-state index < -0.39 is 30.7 Å². The summed E-state index contributed by atoms with van der Waals surface area (Å²) in [6.07, 6.45) is -3.94. The molecule has 2 N–H and O–H groups in total. The molecule has 1 aliphatic heterocycles. The van der Waals surface area contributed by atoms with Gasteiger partial charge in [-0.25, -0.2) is 0 Å². The van der Waals surface area contributed by atoms with Crippen LogP contribution in [0.1, 0.15) is 11.1 Å². The fraction of sp³-hybridized carbons (Fsp3) is 0.429. The van der Waals surface area contributed by atoms with Crippen molar-refractivity contribution in [3.63, 3.8) is 0 Å². The molecule has 5 atom stereocenters. The third-order valence-electron chi connectivity index (χ3n) is 4.60. The van der Waals surface area contributed by atoms with Crippen LogP contribution in [0.25, 0.3) is 0 Å². The standard InChI is InChI=1S/C21H26O6/c1-24-21-18(23)20(26-14-16-10-6-3-7-11-16)19(17(12-22)27-21)25-13-15-8-4-2-5-9-15/h2-11,17-23H,12-14H2,1H3/t17-,18+,19-,20-,21+/m1/s1. The number of hydrogen-bond acceptors (Lipinski definition) is 6. The smallest absolute Gasteiger partial charge is 0.186 e. The third-order valence-corrected chi connectivity index (χ3v) is 4.60. The summed E-state index contributed by atoms with van der Waals surface area (Å²) in [5.74, 6) is 0. The molecule has 27 heavy (non-hydrogen) atoms. The number of ether oxygens (including phenoxy) is 4. The molecule has 2 aromatic rings. The largest absolute Gasteiger partial charge is 0.394 e. The molecule has 2 aromatic carbocycles. The van der Waals surface area contributed by atoms with Gasteiger partial charge in [0, 0.05) is 7.11 Å². The lowest BCUT2D eigenvalue weighted by Gasteiger charge is -2.43. The number of hydrogen-bond donors (Lipinski definition) is 2. The molecule has 0 aliphatic carbocycles. The van der Waals surface area contributed by atoms with Crippen molar-refractivity contribution in [2.45, 2.75) is 43.9 Å². The first-order valence-electron chi connectivity index (χ1n) is 9.01. The summed E-state index contributed by atoms with van der Waals surface area (Å²) in [5, 5.41) is 20.4. The highest BCUT2D eigenvalue weighted by Crippen LogP contribution is 2.28. The van der Waals surface area contributed by atoms with E-state index in [9.17, 15) is 10.2 Å². The zero-order valence-corrected chi connectivity index (χ0v) is 15.3. The Labute approximate surface area is 159 Å². The minimum Gasteiger partial charge on any atom is -0.394 e. The lowest BCUT2D eigenvalue weighted by atomic mass is 9.98. The van der Waals surface area contributed by atoms with Crippen LogP contribution in [-0.4, -0.2) is 54.6 Å². The summed E-state index contributed by atoms with van der Waals surface area (Å²) >= 11 is 0. The Bertz CT molecular complexity index is 665. The molecule has 0 saturated carbocycles. The van der Waals surface area contributed by atoms with Crippen molar-refractivity contribution < 1.29 is 29.2 Å². The highest BCUT2D eigenvalue weighted by molar-refractivity contribution is 5.14. The first-order chi connectivity index (χ1) is 13.2. The number of benzene rings is 2. The molecule has 0 aromatic heterocycles. The summed E-state index contributed by atoms with van der Waals surface area (Å²) in [4.78, 5) is 0. The fourth-order valence-electron chi connectivity index (χ4n) is 3.16. The van der Waals surface area contributed by atoms with Crippen LogP contribution >= 0.6 is 0 Å². The molecule has 1 heterocycles. The molecule has 6 nitrogen and oxygen atoms in total. The quantitative estimate of drug-likeness (QED) is 0.735. The van der Waals surface area contributed by atoms with Gasteiger partial charge in [0.05, 0.1) is 19.8 Å². The topological polar surface area (TPSA) is 77.4 Å². The molecular weight excluding hydrogens is 348 g/mol. The predicted molar refractivity (Wildman–Crippen MR) is 98.8 cm³/mol. The van der Waals surface area contributed by atoms with Crippen LogP contribution in [0.3, 0.4) is 0 Å². The van der Waals surface area contributed by atoms with Crippen molar-refractivity contribution >= 4 is 0 Å². The van der Waals surface area contributed by atoms with Gasteiger partial charge in [-0.2, -0.15) is 0 Å². The summed E-state index contributed by atoms with van der Waals surface area (Å²) in [7, 11) is 1.45. The molecule has 0 amide bonds. The Balaban J connectivity index is 1.73. The molecule has 146 valence electrons. The Morgan fingerprint density at radius 1 is 0.852 bits per heavy atom. The lowest BCUT2D eigenvalue weighted by molar-refractivity contribution is -0.311. The molecule has 1 saturated heterocycles. The average Bonchev–Trinajstić information content (AvgIpc) is 2.73. The van der Waals surface area contributed by atoms with E-state index >= 15 is 0 Å². The van der Waals surface area contributed by atoms with Gasteiger partial charge in [-0.05, 0) is 11.1 Å². The van der Waals surface area contributed by atoms with Gasteiger partial charge in [0.25, 0.3) is 0 Å². The molecule has 3 rings (SSSR count). The minimum absolute atomic E-state index is 0.267. The first kappa shape index (κ1) is 19.9. The van der Waals surface area contributed by atoms with E-state index in [1.54, 1.807) is 0 Å². The van der Waals surface area contributed by atoms with Gasteiger partial charge < -0.3 is 29.2 Å². The van der Waals surface area contributed by atoms with Gasteiger partial charge in [0.2, 0.25) is 0 Å². The molecule has 0 unspecified atom stereocenters. The van der Waals surface area contributed by atoms with Gasteiger partial charge in [0.15, 0.2) is 6.29 Å². The molecule has 0 radical (unpaired) electrons. The SMILES string of the molecule is CO[C@H]1O[C@H](CO)[C@@H](OCc2ccccc2)[C@H](OCc2ccccc2)[C@@H]1O. The number of methoxy groups -OCH3 is 1. The maximum Gasteiger partial charge on any atom is 0.186 e. The lowest BCUT2D eigenvalue weighted by Crippen LogP contribution is -2.60. The normalized spacial score (nSPS) is 28.2. The van der Waals surface area contributed by atoms with Crippen molar-refractivity contribution in [3.8, 4) is 0 Å². The van der Waals surface area contributed by atoms with E-state index in [2.05, 4.69) is 0 Å². The summed E-state index contributed by atoms with van der Waals surface area (Å²) in [6.45, 7) is 0.362. The summed E-state index contributed by atoms with van der Waals surface area (Å²) < 4.78 is 22.9. The first-order valence-corrected chi connectivity index (χ1v) is 9.01. The van der Waals surface area contributed by atoms with Crippen LogP contribution in [0.2, 0.25) is 0 Å². The molecular formula is C21H26O6. The summed E-state index contributed by atoms with van der Waals surface area (Å²) in [6, 6.07) is 19.4. The maximum absolute atomic E-state index is 10.7. The van der Waals surface area contributed by atoms with Crippen LogP contribution in [0, 0.1) is 0 Å². The zero-order valence-electron chi connectivity index (χ0n) is 15.3. The van der Waals surface area contributed by atoms with Gasteiger partial charge >= 0.3 is 0 Å². The van der Waals surface area contributed by atoms with E-state index in [1.807, 2.05) is 60.7 Å². The van der Waals surface area contributed by atoms with Gasteiger partial charge in [-0.1, -0.05) is 60.7 Å². The van der Waals surface area contributed by atoms with Crippen LogP contribution in [0.5, 0.6) is 0 Å². The van der Waals surface area contributed by atoms with E-state index in [4.69, 9.17) is 18.9 Å². The molecule has 1 aliphatic rings. The van der Waals surface area contributed by atoms with E-state index in [0.717, 1.165) is 11.1 Å². The Morgan fingerprint density at radius 2 is 1.37 bits per heavy atom. The monoisotopic (exact) mass is 374 g/mol. The van der Waals surface area contributed by atoms with Gasteiger partial charge in [0.1, 0.15) is 24.4 Å². The fourth-order valence-corrected chi connectivity index (χ4v) is 3.16. The highest BCUT2D eigenvalue weighted by Gasteiger charge is 2.46. The molecule has 1 fully saturated rings. The number of aliphatic hydroxyl groups excluding tert-OH is 2. The molecule has 0 spiro atoms. The van der Waals surface area contributed by atoms with Crippen LogP contribution in [-0.2, 0) is 32.2 Å². The van der Waals surface area contributed by atoms with E-state index in [1.165, 1.54) is 7.11 Å². The van der Waals surface area contributed by atoms with E-state index in [0.29, 0.717) is 13.2 Å². The Morgan fingerprint density at radius 3 is 1.85 bits per heavy atom. The molecule has 6 heteroatoms. The van der Waals surface area contributed by atoms with Gasteiger partial charge in [-0.15, -0.1) is 0 Å². The second kappa shape index (κ2) is 9.94. The summed E-state index contributed by atoms with van der Waals surface area (Å²) in [5.41, 5.74) is 1.96. The number of aliphatic hydroxyl groups is 2. The second-order valence-electron chi connectivity index (χ2n) is 6.47. The minimum atomic E-state index is -1.04. The van der Waals surface area contributed by atoms with Crippen molar-refractivity contribution in [1.82, 2.24) is 0 Å². The van der Waals surface area contributed by atoms with Crippen LogP contribution in [0.4, 0.5) is 0 Å². The highest BCUT2D eigenvalue weighted by atomic mass is 16.7. The van der Waals surface area contributed by atoms with Gasteiger partial charge in [-0.3, -0.25) is 0 Å². The average molecular weight is 374 g/mol. The van der Waals surface area contributed by atoms with Crippen molar-refractivity contribution in [2.75, 3.05) is 13.7 Å². The Kier molecular flexibility index (Phi) is 7.34. The maximum atomic E-state index is 10.7. The van der Waals surface area contributed by atoms with E-state index in [-0.39, 0.29) is 6.61 Å². The van der Waals surface area contributed by atoms with Crippen LogP contribution in [0.15, 0.2) is 60.7 Å². The zero-order chi connectivity index (χ0) is 19.1. The predicted octanol–water partition coefficient (Wildman–Crippen LogP) is 1.88. The van der Waals surface area contributed by atoms with Crippen LogP contribution < -0.4 is 0 Å². The molecule has 0 bridgehead atoms. The third kappa shape index (κ3) is 5.13. The Hall–Kier alpha value is -1.80. The van der Waals surface area contributed by atoms with Crippen molar-refractivity contribution in [1.29, 1.82) is 0 Å². The van der Waals surface area contributed by atoms with Crippen molar-refractivity contribution in [2.24, 2.45) is 0 Å². The second-order valence-corrected chi connectivity index (χ2v) is 6.47. The number of rotatable bonds is 8. The van der Waals surface area contributed by atoms with Crippen molar-refractivity contribution in [3.05, 3.63) is 71.8 Å².